The molecule has 3 nitrogen and oxygen atoms in total. The van der Waals surface area contributed by atoms with E-state index in [4.69, 9.17) is 11.0 Å². The van der Waals surface area contributed by atoms with E-state index in [0.29, 0.717) is 11.3 Å². The molecule has 0 radical (unpaired) electrons. The zero-order chi connectivity index (χ0) is 13.1. The maximum Gasteiger partial charge on any atom is 0.101 e. The number of nitrogens with zero attached hydrogens (tertiary/aromatic N) is 1. The van der Waals surface area contributed by atoms with Crippen molar-refractivity contribution in [3.63, 3.8) is 0 Å². The molecule has 0 bridgehead atoms. The van der Waals surface area contributed by atoms with Crippen LogP contribution in [0.1, 0.15) is 16.7 Å². The van der Waals surface area contributed by atoms with Crippen molar-refractivity contribution in [1.29, 1.82) is 5.26 Å². The number of nitrogens with one attached hydrogen (secondary N) is 1. The Morgan fingerprint density at radius 3 is 2.56 bits per heavy atom. The molecule has 0 saturated heterocycles. The molecule has 0 aromatic heterocycles. The Balaban J connectivity index is 2.32. The summed E-state index contributed by atoms with van der Waals surface area (Å²) < 4.78 is 0. The second-order valence-corrected chi connectivity index (χ2v) is 4.36. The molecule has 3 heteroatoms. The molecule has 0 aliphatic carbocycles. The third-order valence-corrected chi connectivity index (χ3v) is 2.84. The molecular formula is C15H15N3. The monoisotopic (exact) mass is 237 g/mol. The number of hydrogen-bond acceptors (Lipinski definition) is 3. The summed E-state index contributed by atoms with van der Waals surface area (Å²) in [6.07, 6.45) is 0. The highest BCUT2D eigenvalue weighted by molar-refractivity contribution is 5.69. The molecule has 2 aromatic carbocycles. The van der Waals surface area contributed by atoms with E-state index in [1.807, 2.05) is 6.07 Å². The predicted octanol–water partition coefficient (Wildman–Crippen LogP) is 3.50. The minimum Gasteiger partial charge on any atom is -0.398 e. The van der Waals surface area contributed by atoms with Crippen LogP contribution in [0, 0.1) is 25.2 Å². The van der Waals surface area contributed by atoms with Crippen LogP contribution in [0.2, 0.25) is 0 Å². The lowest BCUT2D eigenvalue weighted by molar-refractivity contribution is 1.37. The third-order valence-electron chi connectivity index (χ3n) is 2.84. The number of aryl methyl sites for hydroxylation is 2. The molecule has 2 rings (SSSR count). The van der Waals surface area contributed by atoms with Crippen LogP contribution in [0.3, 0.4) is 0 Å². The summed E-state index contributed by atoms with van der Waals surface area (Å²) in [5, 5.41) is 12.1. The minimum atomic E-state index is 0.493. The van der Waals surface area contributed by atoms with Crippen LogP contribution < -0.4 is 11.1 Å². The summed E-state index contributed by atoms with van der Waals surface area (Å²) in [6.45, 7) is 4.10. The Kier molecular flexibility index (Phi) is 3.20. The van der Waals surface area contributed by atoms with Gasteiger partial charge in [-0.3, -0.25) is 0 Å². The summed E-state index contributed by atoms with van der Waals surface area (Å²) in [6, 6.07) is 13.7. The largest absolute Gasteiger partial charge is 0.398 e. The highest BCUT2D eigenvalue weighted by atomic mass is 14.9. The van der Waals surface area contributed by atoms with Gasteiger partial charge in [-0.2, -0.15) is 5.26 Å². The first-order valence-corrected chi connectivity index (χ1v) is 5.74. The lowest BCUT2D eigenvalue weighted by Crippen LogP contribution is -1.96. The normalized spacial score (nSPS) is 9.83. The number of nitriles is 1. The third kappa shape index (κ3) is 2.44. The van der Waals surface area contributed by atoms with Gasteiger partial charge >= 0.3 is 0 Å². The zero-order valence-corrected chi connectivity index (χ0v) is 10.5. The molecule has 90 valence electrons. The van der Waals surface area contributed by atoms with Gasteiger partial charge < -0.3 is 11.1 Å². The van der Waals surface area contributed by atoms with Gasteiger partial charge in [0, 0.05) is 11.4 Å². The van der Waals surface area contributed by atoms with Gasteiger partial charge in [-0.15, -0.1) is 0 Å². The molecular weight excluding hydrogens is 222 g/mol. The summed E-state index contributed by atoms with van der Waals surface area (Å²) in [7, 11) is 0. The highest BCUT2D eigenvalue weighted by Gasteiger charge is 2.02. The van der Waals surface area contributed by atoms with Crippen molar-refractivity contribution >= 4 is 17.1 Å². The fraction of sp³-hybridized carbons (Fsp3) is 0.133. The Bertz CT molecular complexity index is 624. The Hall–Kier alpha value is -2.47. The lowest BCUT2D eigenvalue weighted by atomic mass is 10.1. The van der Waals surface area contributed by atoms with Gasteiger partial charge in [-0.05, 0) is 49.2 Å². The molecule has 0 aliphatic rings. The van der Waals surface area contributed by atoms with Gasteiger partial charge in [0.25, 0.3) is 0 Å². The molecule has 0 aliphatic heterocycles. The summed E-state index contributed by atoms with van der Waals surface area (Å²) >= 11 is 0. The first-order chi connectivity index (χ1) is 8.60. The first-order valence-electron chi connectivity index (χ1n) is 5.74. The van der Waals surface area contributed by atoms with E-state index in [1.54, 1.807) is 12.1 Å². The van der Waals surface area contributed by atoms with Crippen molar-refractivity contribution in [2.24, 2.45) is 0 Å². The second-order valence-electron chi connectivity index (χ2n) is 4.36. The van der Waals surface area contributed by atoms with Crippen molar-refractivity contribution in [3.05, 3.63) is 53.1 Å². The van der Waals surface area contributed by atoms with Crippen LogP contribution in [0.4, 0.5) is 17.1 Å². The van der Waals surface area contributed by atoms with Crippen LogP contribution >= 0.6 is 0 Å². The molecule has 0 unspecified atom stereocenters. The quantitative estimate of drug-likeness (QED) is 0.786. The van der Waals surface area contributed by atoms with Crippen LogP contribution in [0.25, 0.3) is 0 Å². The summed E-state index contributed by atoms with van der Waals surface area (Å²) in [4.78, 5) is 0. The van der Waals surface area contributed by atoms with Gasteiger partial charge in [-0.25, -0.2) is 0 Å². The van der Waals surface area contributed by atoms with E-state index in [2.05, 4.69) is 43.4 Å². The van der Waals surface area contributed by atoms with Gasteiger partial charge in [0.2, 0.25) is 0 Å². The Labute approximate surface area is 107 Å². The average Bonchev–Trinajstić information content (AvgIpc) is 2.34. The lowest BCUT2D eigenvalue weighted by Gasteiger charge is -2.11. The molecule has 0 fully saturated rings. The first kappa shape index (κ1) is 12.0. The minimum absolute atomic E-state index is 0.493. The molecule has 0 saturated carbocycles. The van der Waals surface area contributed by atoms with E-state index in [1.165, 1.54) is 11.1 Å². The van der Waals surface area contributed by atoms with Crippen molar-refractivity contribution in [3.8, 4) is 6.07 Å². The molecule has 2 aromatic rings. The van der Waals surface area contributed by atoms with Crippen LogP contribution in [0.15, 0.2) is 36.4 Å². The van der Waals surface area contributed by atoms with Gasteiger partial charge in [0.1, 0.15) is 6.07 Å². The van der Waals surface area contributed by atoms with E-state index in [0.717, 1.165) is 11.4 Å². The zero-order valence-electron chi connectivity index (χ0n) is 10.5. The van der Waals surface area contributed by atoms with Crippen molar-refractivity contribution in [1.82, 2.24) is 0 Å². The van der Waals surface area contributed by atoms with E-state index in [9.17, 15) is 0 Å². The molecule has 0 heterocycles. The van der Waals surface area contributed by atoms with Crippen molar-refractivity contribution in [2.75, 3.05) is 11.1 Å². The fourth-order valence-corrected chi connectivity index (χ4v) is 1.77. The van der Waals surface area contributed by atoms with Crippen LogP contribution in [0.5, 0.6) is 0 Å². The van der Waals surface area contributed by atoms with Crippen molar-refractivity contribution in [2.45, 2.75) is 13.8 Å². The van der Waals surface area contributed by atoms with Crippen molar-refractivity contribution < 1.29 is 0 Å². The van der Waals surface area contributed by atoms with E-state index in [-0.39, 0.29) is 0 Å². The smallest absolute Gasteiger partial charge is 0.101 e. The fourth-order valence-electron chi connectivity index (χ4n) is 1.77. The average molecular weight is 237 g/mol. The number of benzene rings is 2. The maximum atomic E-state index is 8.83. The molecule has 0 atom stereocenters. The van der Waals surface area contributed by atoms with E-state index < -0.39 is 0 Å². The van der Waals surface area contributed by atoms with Gasteiger partial charge in [0.15, 0.2) is 0 Å². The number of rotatable bonds is 2. The standard InChI is InChI=1S/C15H15N3/c1-10-3-4-11(2)15(7-10)18-13-6-5-12(9-16)14(17)8-13/h3-8,18H,17H2,1-2H3. The number of anilines is 3. The molecule has 0 amide bonds. The highest BCUT2D eigenvalue weighted by Crippen LogP contribution is 2.24. The Morgan fingerprint density at radius 2 is 1.89 bits per heavy atom. The van der Waals surface area contributed by atoms with E-state index >= 15 is 0 Å². The number of hydrogen-bond donors (Lipinski definition) is 2. The second kappa shape index (κ2) is 4.80. The SMILES string of the molecule is Cc1ccc(C)c(Nc2ccc(C#N)c(N)c2)c1. The van der Waals surface area contributed by atoms with Gasteiger partial charge in [0.05, 0.1) is 11.3 Å². The van der Waals surface area contributed by atoms with Crippen LogP contribution in [-0.2, 0) is 0 Å². The summed E-state index contributed by atoms with van der Waals surface area (Å²) in [5.41, 5.74) is 11.1. The topological polar surface area (TPSA) is 61.8 Å². The summed E-state index contributed by atoms with van der Waals surface area (Å²) in [5.74, 6) is 0. The Morgan fingerprint density at radius 1 is 1.11 bits per heavy atom. The maximum absolute atomic E-state index is 8.83. The molecule has 18 heavy (non-hydrogen) atoms. The molecule has 3 N–H and O–H groups in total. The molecule has 0 spiro atoms. The predicted molar refractivity (Wildman–Crippen MR) is 74.8 cm³/mol. The van der Waals surface area contributed by atoms with Crippen LogP contribution in [-0.4, -0.2) is 0 Å². The number of nitrogens with two attached hydrogens (primary N) is 1. The van der Waals surface area contributed by atoms with Gasteiger partial charge in [-0.1, -0.05) is 12.1 Å². The number of nitrogen functional groups attached to an aromatic ring is 1.